The summed E-state index contributed by atoms with van der Waals surface area (Å²) in [5.74, 6) is 1.25. The van der Waals surface area contributed by atoms with Gasteiger partial charge in [-0.1, -0.05) is 24.3 Å². The summed E-state index contributed by atoms with van der Waals surface area (Å²) in [5, 5.41) is 0. The molecule has 0 aliphatic carbocycles. The van der Waals surface area contributed by atoms with Crippen LogP contribution < -0.4 is 9.47 Å². The molecule has 1 N–H and O–H groups in total. The summed E-state index contributed by atoms with van der Waals surface area (Å²) in [7, 11) is 1.46. The lowest BCUT2D eigenvalue weighted by Gasteiger charge is -2.12. The molecule has 1 heterocycles. The van der Waals surface area contributed by atoms with Gasteiger partial charge in [-0.2, -0.15) is 26.3 Å². The summed E-state index contributed by atoms with van der Waals surface area (Å²) in [6.45, 7) is 0.0567. The number of nitrogens with one attached hydrogen (secondary N) is 1. The first kappa shape index (κ1) is 24.2. The largest absolute Gasteiger partial charge is 0.496 e. The lowest BCUT2D eigenvalue weighted by Crippen LogP contribution is -2.05. The van der Waals surface area contributed by atoms with E-state index in [1.165, 1.54) is 31.4 Å². The number of H-pyrrole nitrogens is 1. The van der Waals surface area contributed by atoms with Crippen molar-refractivity contribution in [3.8, 4) is 34.1 Å². The second kappa shape index (κ2) is 9.36. The van der Waals surface area contributed by atoms with Crippen molar-refractivity contribution in [2.45, 2.75) is 19.0 Å². The summed E-state index contributed by atoms with van der Waals surface area (Å²) in [4.78, 5) is 7.40. The predicted molar refractivity (Wildman–Crippen MR) is 117 cm³/mol. The second-order valence-corrected chi connectivity index (χ2v) is 7.55. The number of nitrogens with zero attached hydrogens (tertiary/aromatic N) is 1. The van der Waals surface area contributed by atoms with Crippen molar-refractivity contribution in [3.05, 3.63) is 89.6 Å². The molecule has 35 heavy (non-hydrogen) atoms. The molecule has 182 valence electrons. The van der Waals surface area contributed by atoms with Crippen molar-refractivity contribution >= 4 is 0 Å². The maximum absolute atomic E-state index is 12.8. The third kappa shape index (κ3) is 5.59. The Balaban J connectivity index is 1.48. The van der Waals surface area contributed by atoms with Crippen LogP contribution >= 0.6 is 0 Å². The van der Waals surface area contributed by atoms with E-state index >= 15 is 0 Å². The Morgan fingerprint density at radius 3 is 1.97 bits per heavy atom. The molecule has 0 radical (unpaired) electrons. The molecule has 0 aliphatic heterocycles. The van der Waals surface area contributed by atoms with Gasteiger partial charge in [-0.3, -0.25) is 0 Å². The number of methoxy groups -OCH3 is 1. The third-order valence-electron chi connectivity index (χ3n) is 5.20. The molecule has 10 heteroatoms. The van der Waals surface area contributed by atoms with Crippen LogP contribution in [0.25, 0.3) is 22.6 Å². The molecule has 0 bridgehead atoms. The van der Waals surface area contributed by atoms with Gasteiger partial charge < -0.3 is 14.5 Å². The van der Waals surface area contributed by atoms with Gasteiger partial charge in [-0.25, -0.2) is 4.98 Å². The number of halogens is 6. The summed E-state index contributed by atoms with van der Waals surface area (Å²) in [6, 6.07) is 14.3. The molecule has 0 saturated carbocycles. The Hall–Kier alpha value is -3.95. The molecule has 4 aromatic rings. The number of aromatic nitrogens is 2. The molecule has 1 aromatic heterocycles. The van der Waals surface area contributed by atoms with E-state index in [1.807, 2.05) is 0 Å². The van der Waals surface area contributed by atoms with Crippen LogP contribution in [0.5, 0.6) is 11.5 Å². The number of aromatic amines is 1. The zero-order valence-corrected chi connectivity index (χ0v) is 18.2. The first-order chi connectivity index (χ1) is 16.5. The monoisotopic (exact) mass is 492 g/mol. The maximum atomic E-state index is 12.8. The van der Waals surface area contributed by atoms with Crippen LogP contribution in [0, 0.1) is 0 Å². The van der Waals surface area contributed by atoms with Crippen molar-refractivity contribution in [2.24, 2.45) is 0 Å². The molecular weight excluding hydrogens is 474 g/mol. The number of imidazole rings is 1. The van der Waals surface area contributed by atoms with Crippen LogP contribution in [0.1, 0.15) is 16.7 Å². The standard InChI is InChI=1S/C25H18F6N2O2/c1-34-22-12-19(35-14-15-2-6-17(7-3-15)24(26,27)28)10-11-20(22)21-13-32-23(33-21)16-4-8-18(9-5-16)25(29,30)31/h2-13H,14H2,1H3,(H,32,33). The number of hydrogen-bond donors (Lipinski definition) is 1. The highest BCUT2D eigenvalue weighted by molar-refractivity contribution is 5.71. The lowest BCUT2D eigenvalue weighted by atomic mass is 10.1. The molecule has 0 unspecified atom stereocenters. The van der Waals surface area contributed by atoms with Crippen molar-refractivity contribution in [1.82, 2.24) is 9.97 Å². The molecule has 4 nitrogen and oxygen atoms in total. The maximum Gasteiger partial charge on any atom is 0.416 e. The SMILES string of the molecule is COc1cc(OCc2ccc(C(F)(F)F)cc2)ccc1-c1c[nH]c(-c2ccc(C(F)(F)F)cc2)n1. The number of ether oxygens (including phenoxy) is 2. The highest BCUT2D eigenvalue weighted by atomic mass is 19.4. The minimum Gasteiger partial charge on any atom is -0.496 e. The van der Waals surface area contributed by atoms with E-state index in [0.29, 0.717) is 39.7 Å². The zero-order valence-electron chi connectivity index (χ0n) is 18.2. The highest BCUT2D eigenvalue weighted by Gasteiger charge is 2.30. The summed E-state index contributed by atoms with van der Waals surface area (Å²) >= 11 is 0. The summed E-state index contributed by atoms with van der Waals surface area (Å²) in [5.41, 5.74) is 0.688. The van der Waals surface area contributed by atoms with Gasteiger partial charge in [0.25, 0.3) is 0 Å². The summed E-state index contributed by atoms with van der Waals surface area (Å²) < 4.78 is 87.6. The van der Waals surface area contributed by atoms with E-state index in [1.54, 1.807) is 24.4 Å². The van der Waals surface area contributed by atoms with Gasteiger partial charge in [0.1, 0.15) is 23.9 Å². The fourth-order valence-electron chi connectivity index (χ4n) is 3.35. The minimum atomic E-state index is -4.42. The van der Waals surface area contributed by atoms with Crippen molar-refractivity contribution in [1.29, 1.82) is 0 Å². The smallest absolute Gasteiger partial charge is 0.416 e. The molecule has 0 saturated heterocycles. The van der Waals surface area contributed by atoms with E-state index in [4.69, 9.17) is 9.47 Å². The van der Waals surface area contributed by atoms with Gasteiger partial charge in [-0.15, -0.1) is 0 Å². The van der Waals surface area contributed by atoms with Crippen LogP contribution in [0.15, 0.2) is 72.9 Å². The number of hydrogen-bond acceptors (Lipinski definition) is 3. The second-order valence-electron chi connectivity index (χ2n) is 7.55. The molecule has 0 atom stereocenters. The van der Waals surface area contributed by atoms with Crippen molar-refractivity contribution in [2.75, 3.05) is 7.11 Å². The third-order valence-corrected chi connectivity index (χ3v) is 5.20. The number of benzene rings is 3. The average molecular weight is 492 g/mol. The van der Waals surface area contributed by atoms with Crippen LogP contribution in [0.3, 0.4) is 0 Å². The van der Waals surface area contributed by atoms with E-state index in [2.05, 4.69) is 9.97 Å². The van der Waals surface area contributed by atoms with Crippen LogP contribution in [0.4, 0.5) is 26.3 Å². The first-order valence-corrected chi connectivity index (χ1v) is 10.2. The molecule has 3 aromatic carbocycles. The van der Waals surface area contributed by atoms with Gasteiger partial charge in [0.05, 0.1) is 23.9 Å². The Bertz CT molecular complexity index is 1290. The Morgan fingerprint density at radius 1 is 0.800 bits per heavy atom. The molecule has 0 fully saturated rings. The van der Waals surface area contributed by atoms with E-state index < -0.39 is 23.5 Å². The highest BCUT2D eigenvalue weighted by Crippen LogP contribution is 2.35. The first-order valence-electron chi connectivity index (χ1n) is 10.2. The van der Waals surface area contributed by atoms with Gasteiger partial charge >= 0.3 is 12.4 Å². The Morgan fingerprint density at radius 2 is 1.40 bits per heavy atom. The fourth-order valence-corrected chi connectivity index (χ4v) is 3.35. The summed E-state index contributed by atoms with van der Waals surface area (Å²) in [6.07, 6.45) is -7.22. The van der Waals surface area contributed by atoms with E-state index in [9.17, 15) is 26.3 Å². The normalized spacial score (nSPS) is 12.0. The zero-order chi connectivity index (χ0) is 25.2. The Kier molecular flexibility index (Phi) is 6.47. The molecular formula is C25H18F6N2O2. The lowest BCUT2D eigenvalue weighted by molar-refractivity contribution is -0.138. The molecule has 0 amide bonds. The fraction of sp³-hybridized carbons (Fsp3) is 0.160. The van der Waals surface area contributed by atoms with Crippen molar-refractivity contribution < 1.29 is 35.8 Å². The van der Waals surface area contributed by atoms with E-state index in [0.717, 1.165) is 24.3 Å². The van der Waals surface area contributed by atoms with Gasteiger partial charge in [0.2, 0.25) is 0 Å². The van der Waals surface area contributed by atoms with Gasteiger partial charge in [0.15, 0.2) is 0 Å². The van der Waals surface area contributed by atoms with Gasteiger partial charge in [0, 0.05) is 23.4 Å². The Labute approximate surface area is 196 Å². The molecule has 0 spiro atoms. The number of rotatable bonds is 6. The number of alkyl halides is 6. The average Bonchev–Trinajstić information content (AvgIpc) is 3.32. The quantitative estimate of drug-likeness (QED) is 0.286. The van der Waals surface area contributed by atoms with Crippen molar-refractivity contribution in [3.63, 3.8) is 0 Å². The minimum absolute atomic E-state index is 0.0567. The molecule has 4 rings (SSSR count). The van der Waals surface area contributed by atoms with Crippen LogP contribution in [0.2, 0.25) is 0 Å². The van der Waals surface area contributed by atoms with Crippen LogP contribution in [-0.4, -0.2) is 17.1 Å². The topological polar surface area (TPSA) is 47.1 Å². The predicted octanol–water partition coefficient (Wildman–Crippen LogP) is 7.37. The molecule has 0 aliphatic rings. The van der Waals surface area contributed by atoms with Crippen LogP contribution in [-0.2, 0) is 19.0 Å². The van der Waals surface area contributed by atoms with Gasteiger partial charge in [-0.05, 0) is 42.0 Å². The van der Waals surface area contributed by atoms with E-state index in [-0.39, 0.29) is 6.61 Å².